The summed E-state index contributed by atoms with van der Waals surface area (Å²) < 4.78 is 42.1. The van der Waals surface area contributed by atoms with Gasteiger partial charge in [0.1, 0.15) is 11.3 Å². The van der Waals surface area contributed by atoms with E-state index >= 15 is 0 Å². The van der Waals surface area contributed by atoms with Gasteiger partial charge in [-0.1, -0.05) is 26.0 Å². The number of carbonyl (C=O) groups is 1. The lowest BCUT2D eigenvalue weighted by atomic mass is 9.90. The number of aryl methyl sites for hydroxylation is 2. The topological polar surface area (TPSA) is 65.4 Å². The number of alkyl halides is 3. The van der Waals surface area contributed by atoms with Crippen LogP contribution < -0.4 is 10.1 Å². The molecule has 1 aromatic carbocycles. The number of benzene rings is 1. The van der Waals surface area contributed by atoms with Gasteiger partial charge in [-0.2, -0.15) is 18.4 Å². The Labute approximate surface area is 164 Å². The molecule has 1 N–H and O–H groups in total. The number of hydrogen-bond acceptors (Lipinski definition) is 4. The van der Waals surface area contributed by atoms with Crippen molar-refractivity contribution >= 4 is 5.91 Å². The molecule has 0 aliphatic carbocycles. The molecule has 0 fully saturated rings. The minimum absolute atomic E-state index is 0.0405. The predicted octanol–water partition coefficient (Wildman–Crippen LogP) is 3.73. The molecule has 1 atom stereocenters. The highest BCUT2D eigenvalue weighted by atomic mass is 19.4. The van der Waals surface area contributed by atoms with E-state index in [1.54, 1.807) is 44.9 Å². The van der Waals surface area contributed by atoms with E-state index in [-0.39, 0.29) is 24.1 Å². The molecule has 1 aromatic rings. The highest BCUT2D eigenvalue weighted by Gasteiger charge is 2.30. The quantitative estimate of drug-likeness (QED) is 0.723. The van der Waals surface area contributed by atoms with E-state index in [0.29, 0.717) is 17.7 Å². The maximum Gasteiger partial charge on any atom is 0.422 e. The Morgan fingerprint density at radius 3 is 2.25 bits per heavy atom. The van der Waals surface area contributed by atoms with Gasteiger partial charge in [0.15, 0.2) is 6.61 Å². The van der Waals surface area contributed by atoms with Gasteiger partial charge in [0, 0.05) is 6.54 Å². The number of likely N-dealkylation sites (N-methyl/N-ethyl adjacent to an activating group) is 1. The van der Waals surface area contributed by atoms with Gasteiger partial charge in [-0.25, -0.2) is 0 Å². The number of halogens is 3. The molecule has 5 nitrogen and oxygen atoms in total. The smallest absolute Gasteiger partial charge is 0.422 e. The fourth-order valence-electron chi connectivity index (χ4n) is 2.76. The predicted molar refractivity (Wildman–Crippen MR) is 101 cm³/mol. The van der Waals surface area contributed by atoms with Crippen molar-refractivity contribution in [3.63, 3.8) is 0 Å². The van der Waals surface area contributed by atoms with Crippen molar-refractivity contribution in [1.29, 1.82) is 5.26 Å². The summed E-state index contributed by atoms with van der Waals surface area (Å²) in [7, 11) is 1.76. The summed E-state index contributed by atoms with van der Waals surface area (Å²) in [6, 6.07) is 5.63. The van der Waals surface area contributed by atoms with Crippen LogP contribution >= 0.6 is 0 Å². The standard InChI is InChI=1S/C20H28F3N3O2/c1-13(2)19(5,11-24)25-17(27)10-26(6)9-16-7-14(3)18(15(4)8-16)28-12-20(21,22)23/h7-8,13H,9-10,12H2,1-6H3,(H,25,27). The zero-order valence-electron chi connectivity index (χ0n) is 17.2. The summed E-state index contributed by atoms with van der Waals surface area (Å²) >= 11 is 0. The van der Waals surface area contributed by atoms with Crippen molar-refractivity contribution in [1.82, 2.24) is 10.2 Å². The third-order valence-electron chi connectivity index (χ3n) is 4.55. The van der Waals surface area contributed by atoms with Crippen LogP contribution in [0.3, 0.4) is 0 Å². The highest BCUT2D eigenvalue weighted by Crippen LogP contribution is 2.27. The lowest BCUT2D eigenvalue weighted by Crippen LogP contribution is -2.51. The Balaban J connectivity index is 2.76. The van der Waals surface area contributed by atoms with Crippen molar-refractivity contribution in [2.24, 2.45) is 5.92 Å². The van der Waals surface area contributed by atoms with Crippen LogP contribution in [0.1, 0.15) is 37.5 Å². The van der Waals surface area contributed by atoms with Crippen molar-refractivity contribution < 1.29 is 22.7 Å². The van der Waals surface area contributed by atoms with E-state index in [9.17, 15) is 23.2 Å². The summed E-state index contributed by atoms with van der Waals surface area (Å²) in [4.78, 5) is 14.0. The maximum atomic E-state index is 12.4. The summed E-state index contributed by atoms with van der Waals surface area (Å²) in [6.07, 6.45) is -4.39. The number of hydrogen-bond donors (Lipinski definition) is 1. The molecule has 1 rings (SSSR count). The fourth-order valence-corrected chi connectivity index (χ4v) is 2.76. The minimum atomic E-state index is -4.39. The van der Waals surface area contributed by atoms with Crippen LogP contribution in [0.5, 0.6) is 5.75 Å². The number of rotatable bonds is 8. The Morgan fingerprint density at radius 2 is 1.82 bits per heavy atom. The Kier molecular flexibility index (Phi) is 7.88. The molecule has 1 amide bonds. The molecular formula is C20H28F3N3O2. The van der Waals surface area contributed by atoms with Gasteiger partial charge in [-0.3, -0.25) is 9.69 Å². The molecule has 8 heteroatoms. The number of nitrogens with one attached hydrogen (secondary N) is 1. The van der Waals surface area contributed by atoms with Crippen molar-refractivity contribution in [2.45, 2.75) is 52.9 Å². The van der Waals surface area contributed by atoms with Gasteiger partial charge in [0.25, 0.3) is 0 Å². The van der Waals surface area contributed by atoms with Crippen LogP contribution in [0.2, 0.25) is 0 Å². The van der Waals surface area contributed by atoms with Gasteiger partial charge in [0.05, 0.1) is 12.6 Å². The molecular weight excluding hydrogens is 371 g/mol. The van der Waals surface area contributed by atoms with E-state index in [1.165, 1.54) is 0 Å². The number of amides is 1. The van der Waals surface area contributed by atoms with Crippen LogP contribution in [-0.4, -0.2) is 42.7 Å². The van der Waals surface area contributed by atoms with Gasteiger partial charge < -0.3 is 10.1 Å². The van der Waals surface area contributed by atoms with Crippen LogP contribution in [-0.2, 0) is 11.3 Å². The second kappa shape index (κ2) is 9.28. The lowest BCUT2D eigenvalue weighted by Gasteiger charge is -2.28. The second-order valence-corrected chi connectivity index (χ2v) is 7.65. The number of carbonyl (C=O) groups excluding carboxylic acids is 1. The van der Waals surface area contributed by atoms with Crippen molar-refractivity contribution in [2.75, 3.05) is 20.2 Å². The zero-order valence-corrected chi connectivity index (χ0v) is 17.2. The van der Waals surface area contributed by atoms with Gasteiger partial charge >= 0.3 is 6.18 Å². The van der Waals surface area contributed by atoms with E-state index in [0.717, 1.165) is 5.56 Å². The zero-order chi connectivity index (χ0) is 21.7. The Bertz CT molecular complexity index is 718. The average Bonchev–Trinajstić information content (AvgIpc) is 2.52. The van der Waals surface area contributed by atoms with E-state index in [4.69, 9.17) is 4.74 Å². The van der Waals surface area contributed by atoms with E-state index < -0.39 is 18.3 Å². The summed E-state index contributed by atoms with van der Waals surface area (Å²) in [6.45, 7) is 7.98. The van der Waals surface area contributed by atoms with E-state index in [2.05, 4.69) is 11.4 Å². The molecule has 28 heavy (non-hydrogen) atoms. The minimum Gasteiger partial charge on any atom is -0.484 e. The molecule has 0 aliphatic heterocycles. The first-order chi connectivity index (χ1) is 12.8. The van der Waals surface area contributed by atoms with Gasteiger partial charge in [-0.05, 0) is 50.4 Å². The molecule has 156 valence electrons. The molecule has 0 saturated carbocycles. The fraction of sp³-hybridized carbons (Fsp3) is 0.600. The third-order valence-corrected chi connectivity index (χ3v) is 4.55. The molecule has 0 radical (unpaired) electrons. The lowest BCUT2D eigenvalue weighted by molar-refractivity contribution is -0.153. The van der Waals surface area contributed by atoms with Gasteiger partial charge in [-0.15, -0.1) is 0 Å². The van der Waals surface area contributed by atoms with Crippen LogP contribution in [0.15, 0.2) is 12.1 Å². The SMILES string of the molecule is Cc1cc(CN(C)CC(=O)NC(C)(C#N)C(C)C)cc(C)c1OCC(F)(F)F. The molecule has 0 bridgehead atoms. The first-order valence-corrected chi connectivity index (χ1v) is 8.98. The van der Waals surface area contributed by atoms with Crippen molar-refractivity contribution in [3.8, 4) is 11.8 Å². The Hall–Kier alpha value is -2.27. The van der Waals surface area contributed by atoms with Crippen LogP contribution in [0, 0.1) is 31.1 Å². The van der Waals surface area contributed by atoms with Crippen LogP contribution in [0.4, 0.5) is 13.2 Å². The largest absolute Gasteiger partial charge is 0.484 e. The van der Waals surface area contributed by atoms with Crippen LogP contribution in [0.25, 0.3) is 0 Å². The monoisotopic (exact) mass is 399 g/mol. The number of nitrogens with zero attached hydrogens (tertiary/aromatic N) is 2. The average molecular weight is 399 g/mol. The van der Waals surface area contributed by atoms with Crippen molar-refractivity contribution in [3.05, 3.63) is 28.8 Å². The third kappa shape index (κ3) is 7.04. The molecule has 0 aromatic heterocycles. The normalized spacial score (nSPS) is 13.9. The number of nitriles is 1. The molecule has 0 aliphatic rings. The maximum absolute atomic E-state index is 12.4. The second-order valence-electron chi connectivity index (χ2n) is 7.65. The summed E-state index contributed by atoms with van der Waals surface area (Å²) in [5, 5.41) is 12.0. The summed E-state index contributed by atoms with van der Waals surface area (Å²) in [5.41, 5.74) is 1.13. The molecule has 1 unspecified atom stereocenters. The molecule has 0 saturated heterocycles. The molecule has 0 spiro atoms. The Morgan fingerprint density at radius 1 is 1.29 bits per heavy atom. The van der Waals surface area contributed by atoms with Gasteiger partial charge in [0.2, 0.25) is 5.91 Å². The summed E-state index contributed by atoms with van der Waals surface area (Å²) in [5.74, 6) is -0.0803. The highest BCUT2D eigenvalue weighted by molar-refractivity contribution is 5.79. The number of ether oxygens (including phenoxy) is 1. The first kappa shape index (κ1) is 23.8. The first-order valence-electron chi connectivity index (χ1n) is 8.98. The van der Waals surface area contributed by atoms with E-state index in [1.807, 2.05) is 13.8 Å². The molecule has 0 heterocycles.